The fourth-order valence-electron chi connectivity index (χ4n) is 4.20. The highest BCUT2D eigenvalue weighted by atomic mass is 35.5. The molecular weight excluding hydrogens is 583 g/mol. The van der Waals surface area contributed by atoms with Gasteiger partial charge in [0.2, 0.25) is 22.0 Å². The lowest BCUT2D eigenvalue weighted by Crippen LogP contribution is -2.39. The van der Waals surface area contributed by atoms with E-state index in [9.17, 15) is 9.18 Å². The predicted octanol–water partition coefficient (Wildman–Crippen LogP) is 3.93. The number of aromatic nitrogens is 5. The van der Waals surface area contributed by atoms with E-state index in [-0.39, 0.29) is 41.4 Å². The molecule has 2 aliphatic rings. The summed E-state index contributed by atoms with van der Waals surface area (Å²) in [6.07, 6.45) is 6.22. The van der Waals surface area contributed by atoms with Crippen molar-refractivity contribution in [1.82, 2.24) is 23.9 Å². The maximum atomic E-state index is 14.5. The molecule has 5 rings (SSSR count). The molecule has 2 aliphatic heterocycles. The maximum absolute atomic E-state index is 14.5. The van der Waals surface area contributed by atoms with Crippen molar-refractivity contribution < 1.29 is 13.9 Å². The molecule has 12 nitrogen and oxygen atoms in total. The quantitative estimate of drug-likeness (QED) is 0.395. The zero-order valence-corrected chi connectivity index (χ0v) is 25.4. The summed E-state index contributed by atoms with van der Waals surface area (Å²) in [5.41, 5.74) is -0.0777. The Bertz CT molecular complexity index is 1650. The summed E-state index contributed by atoms with van der Waals surface area (Å²) in [5.74, 6) is 3.59. The number of carbonyl (C=O) groups is 1. The van der Waals surface area contributed by atoms with Gasteiger partial charge in [-0.25, -0.2) is 9.38 Å². The second kappa shape index (κ2) is 12.3. The van der Waals surface area contributed by atoms with E-state index < -0.39 is 11.4 Å². The number of amides is 1. The van der Waals surface area contributed by atoms with Gasteiger partial charge < -0.3 is 19.9 Å². The van der Waals surface area contributed by atoms with Gasteiger partial charge in [-0.05, 0) is 43.9 Å². The van der Waals surface area contributed by atoms with E-state index >= 15 is 0 Å². The molecule has 0 radical (unpaired) electrons. The summed E-state index contributed by atoms with van der Waals surface area (Å²) in [7, 11) is 0. The van der Waals surface area contributed by atoms with Gasteiger partial charge in [0.25, 0.3) is 5.91 Å². The van der Waals surface area contributed by atoms with Crippen LogP contribution in [0.2, 0.25) is 5.28 Å². The number of fused-ring (bicyclic) bond motifs is 2. The molecular formula is C27H30ClFN10O2S. The van der Waals surface area contributed by atoms with Crippen LogP contribution in [0.5, 0.6) is 5.75 Å². The Morgan fingerprint density at radius 2 is 2.05 bits per heavy atom. The van der Waals surface area contributed by atoms with E-state index in [4.69, 9.17) is 28.0 Å². The molecule has 220 valence electrons. The molecule has 0 saturated carbocycles. The van der Waals surface area contributed by atoms with Crippen LogP contribution in [0.4, 0.5) is 27.7 Å². The molecule has 0 saturated heterocycles. The number of halogens is 2. The zero-order chi connectivity index (χ0) is 30.7. The Labute approximate surface area is 251 Å². The van der Waals surface area contributed by atoms with Crippen LogP contribution in [-0.2, 0) is 17.8 Å². The van der Waals surface area contributed by atoms with Crippen LogP contribution >= 0.6 is 23.1 Å². The van der Waals surface area contributed by atoms with Crippen molar-refractivity contribution >= 4 is 52.3 Å². The average Bonchev–Trinajstić information content (AvgIpc) is 3.41. The first-order valence-electron chi connectivity index (χ1n) is 13.0. The van der Waals surface area contributed by atoms with Crippen molar-refractivity contribution in [3.63, 3.8) is 0 Å². The third-order valence-electron chi connectivity index (χ3n) is 6.08. The SMILES string of the molecule is C#CCN1C(=O)COc2cc(F)c(/N=c3\snc4n3CC(C)(C)C4)cc21.CCNc1nc(Cl)nc(NC(C)(C)C#N)n1. The number of hydrogen-bond donors (Lipinski definition) is 2. The lowest BCUT2D eigenvalue weighted by Gasteiger charge is -2.28. The molecule has 0 aliphatic carbocycles. The van der Waals surface area contributed by atoms with Gasteiger partial charge in [0.15, 0.2) is 12.4 Å². The molecule has 0 atom stereocenters. The van der Waals surface area contributed by atoms with Gasteiger partial charge in [0.05, 0.1) is 18.3 Å². The standard InChI is InChI=1S/C18H17FN4O2S.C9H13ClN6/c1-4-5-22-13-7-12(11(19)6-14(13)25-9-16(22)24)20-17-23-10-18(2,3)8-15(23)21-26-17;1-4-12-7-13-6(10)14-8(15-7)16-9(2,3)5-11/h1,6-7H,5,8-10H2,2-3H3;4H2,1-3H3,(H2,12,13,14,15,16)/b20-17-;. The molecule has 4 heterocycles. The van der Waals surface area contributed by atoms with Gasteiger partial charge >= 0.3 is 0 Å². The maximum Gasteiger partial charge on any atom is 0.265 e. The first-order chi connectivity index (χ1) is 19.8. The number of carbonyl (C=O) groups excluding carboxylic acids is 1. The second-order valence-electron chi connectivity index (χ2n) is 10.8. The van der Waals surface area contributed by atoms with Crippen LogP contribution in [0.3, 0.4) is 0 Å². The van der Waals surface area contributed by atoms with Gasteiger partial charge in [0.1, 0.15) is 22.8 Å². The molecule has 0 unspecified atom stereocenters. The number of nitriles is 1. The number of ether oxygens (including phenoxy) is 1. The normalized spacial score (nSPS) is 15.4. The second-order valence-corrected chi connectivity index (χ2v) is 11.9. The highest BCUT2D eigenvalue weighted by molar-refractivity contribution is 7.02. The van der Waals surface area contributed by atoms with Crippen molar-refractivity contribution in [3.8, 4) is 24.2 Å². The minimum Gasteiger partial charge on any atom is -0.481 e. The molecule has 42 heavy (non-hydrogen) atoms. The topological polar surface area (TPSA) is 146 Å². The molecule has 2 N–H and O–H groups in total. The summed E-state index contributed by atoms with van der Waals surface area (Å²) < 4.78 is 26.3. The van der Waals surface area contributed by atoms with E-state index in [0.717, 1.165) is 18.8 Å². The van der Waals surface area contributed by atoms with Crippen molar-refractivity contribution in [2.45, 2.75) is 53.1 Å². The van der Waals surface area contributed by atoms with E-state index in [2.05, 4.69) is 60.8 Å². The van der Waals surface area contributed by atoms with Gasteiger partial charge in [0, 0.05) is 37.1 Å². The third kappa shape index (κ3) is 7.13. The van der Waals surface area contributed by atoms with Crippen LogP contribution in [0.1, 0.15) is 40.4 Å². The largest absolute Gasteiger partial charge is 0.481 e. The fraction of sp³-hybridized carbons (Fsp3) is 0.444. The summed E-state index contributed by atoms with van der Waals surface area (Å²) in [5, 5.41) is 14.7. The fourth-order valence-corrected chi connectivity index (χ4v) is 5.11. The van der Waals surface area contributed by atoms with Crippen LogP contribution < -0.4 is 25.1 Å². The first-order valence-corrected chi connectivity index (χ1v) is 14.1. The molecule has 1 aromatic carbocycles. The number of terminal acetylenes is 1. The monoisotopic (exact) mass is 612 g/mol. The smallest absolute Gasteiger partial charge is 0.265 e. The van der Waals surface area contributed by atoms with Crippen LogP contribution in [0.25, 0.3) is 0 Å². The van der Waals surface area contributed by atoms with Gasteiger partial charge in [-0.2, -0.15) is 24.6 Å². The van der Waals surface area contributed by atoms with Crippen molar-refractivity contribution in [2.24, 2.45) is 10.4 Å². The van der Waals surface area contributed by atoms with E-state index in [1.165, 1.54) is 28.6 Å². The van der Waals surface area contributed by atoms with Crippen LogP contribution in [0, 0.1) is 34.9 Å². The number of hydrogen-bond acceptors (Lipinski definition) is 11. The molecule has 0 spiro atoms. The summed E-state index contributed by atoms with van der Waals surface area (Å²) in [4.78, 5) is 30.4. The Hall–Kier alpha value is -4.27. The number of nitrogens with zero attached hydrogens (tertiary/aromatic N) is 8. The van der Waals surface area contributed by atoms with Crippen molar-refractivity contribution in [3.05, 3.63) is 33.9 Å². The lowest BCUT2D eigenvalue weighted by molar-refractivity contribution is -0.121. The Morgan fingerprint density at radius 3 is 2.74 bits per heavy atom. The van der Waals surface area contributed by atoms with E-state index in [1.807, 2.05) is 11.5 Å². The summed E-state index contributed by atoms with van der Waals surface area (Å²) in [6.45, 7) is 11.1. The number of anilines is 3. The average molecular weight is 613 g/mol. The van der Waals surface area contributed by atoms with Crippen LogP contribution in [-0.4, -0.2) is 55.0 Å². The van der Waals surface area contributed by atoms with Crippen LogP contribution in [0.15, 0.2) is 17.1 Å². The Morgan fingerprint density at radius 1 is 1.31 bits per heavy atom. The Balaban J connectivity index is 0.000000219. The first kappa shape index (κ1) is 30.7. The summed E-state index contributed by atoms with van der Waals surface area (Å²) in [6, 6.07) is 4.84. The van der Waals surface area contributed by atoms with E-state index in [1.54, 1.807) is 13.8 Å². The number of nitrogens with one attached hydrogen (secondary N) is 2. The minimum absolute atomic E-state index is 0.0854. The molecule has 15 heteroatoms. The predicted molar refractivity (Wildman–Crippen MR) is 158 cm³/mol. The van der Waals surface area contributed by atoms with Crippen molar-refractivity contribution in [2.75, 3.05) is 35.2 Å². The zero-order valence-electron chi connectivity index (χ0n) is 23.8. The molecule has 0 bridgehead atoms. The lowest BCUT2D eigenvalue weighted by atomic mass is 9.92. The Kier molecular flexibility index (Phi) is 8.99. The van der Waals surface area contributed by atoms with Gasteiger partial charge in [-0.1, -0.05) is 19.8 Å². The molecule has 1 amide bonds. The highest BCUT2D eigenvalue weighted by Gasteiger charge is 2.31. The molecule has 0 fully saturated rings. The molecule has 2 aromatic heterocycles. The van der Waals surface area contributed by atoms with Gasteiger partial charge in [-0.15, -0.1) is 6.42 Å². The number of rotatable bonds is 6. The number of benzene rings is 1. The van der Waals surface area contributed by atoms with Crippen molar-refractivity contribution in [1.29, 1.82) is 5.26 Å². The van der Waals surface area contributed by atoms with E-state index in [0.29, 0.717) is 28.7 Å². The highest BCUT2D eigenvalue weighted by Crippen LogP contribution is 2.37. The third-order valence-corrected chi connectivity index (χ3v) is 7.03. The molecule has 3 aromatic rings. The minimum atomic E-state index is -0.756. The summed E-state index contributed by atoms with van der Waals surface area (Å²) >= 11 is 6.97. The van der Waals surface area contributed by atoms with Gasteiger partial charge in [-0.3, -0.25) is 9.69 Å².